The quantitative estimate of drug-likeness (QED) is 0.578. The average molecular weight is 321 g/mol. The van der Waals surface area contributed by atoms with Crippen LogP contribution in [0.25, 0.3) is 33.2 Å². The zero-order chi connectivity index (χ0) is 17.0. The summed E-state index contributed by atoms with van der Waals surface area (Å²) >= 11 is 0. The minimum atomic E-state index is -0.151. The summed E-state index contributed by atoms with van der Waals surface area (Å²) in [6, 6.07) is 3.57. The lowest BCUT2D eigenvalue weighted by Gasteiger charge is -2.08. The Morgan fingerprint density at radius 2 is 2.04 bits per heavy atom. The van der Waals surface area contributed by atoms with E-state index >= 15 is 0 Å². The molecule has 0 unspecified atom stereocenters. The van der Waals surface area contributed by atoms with Crippen LogP contribution >= 0.6 is 0 Å². The second-order valence-electron chi connectivity index (χ2n) is 5.86. The minimum absolute atomic E-state index is 0.101. The Bertz CT molecular complexity index is 1170. The fourth-order valence-corrected chi connectivity index (χ4v) is 2.87. The number of aromatic nitrogens is 5. The SMILES string of the molecule is Cc1c(O)c(-c2ncc3c(=O)n(C)ccc3n2)cc2cn(C)nc12. The zero-order valence-corrected chi connectivity index (χ0v) is 13.5. The topological polar surface area (TPSA) is 85.8 Å². The third-order valence-corrected chi connectivity index (χ3v) is 4.19. The van der Waals surface area contributed by atoms with Crippen molar-refractivity contribution in [3.8, 4) is 17.1 Å². The predicted octanol–water partition coefficient (Wildman–Crippen LogP) is 1.90. The van der Waals surface area contributed by atoms with Crippen LogP contribution in [0.3, 0.4) is 0 Å². The molecular formula is C17H15N5O2. The number of hydrogen-bond donors (Lipinski definition) is 1. The summed E-state index contributed by atoms with van der Waals surface area (Å²) in [5.74, 6) is 0.478. The third-order valence-electron chi connectivity index (χ3n) is 4.19. The van der Waals surface area contributed by atoms with Crippen LogP contribution in [0.1, 0.15) is 5.56 Å². The lowest BCUT2D eigenvalue weighted by Crippen LogP contribution is -2.16. The molecule has 0 radical (unpaired) electrons. The molecule has 1 N–H and O–H groups in total. The van der Waals surface area contributed by atoms with E-state index in [9.17, 15) is 9.90 Å². The molecule has 4 rings (SSSR count). The highest BCUT2D eigenvalue weighted by Crippen LogP contribution is 2.35. The van der Waals surface area contributed by atoms with Gasteiger partial charge in [0.1, 0.15) is 5.75 Å². The van der Waals surface area contributed by atoms with Crippen LogP contribution in [-0.2, 0) is 14.1 Å². The third kappa shape index (κ3) is 1.98. The van der Waals surface area contributed by atoms with E-state index in [1.165, 1.54) is 10.8 Å². The van der Waals surface area contributed by atoms with Crippen molar-refractivity contribution in [1.82, 2.24) is 24.3 Å². The van der Waals surface area contributed by atoms with Gasteiger partial charge in [-0.1, -0.05) is 0 Å². The molecule has 0 saturated carbocycles. The Balaban J connectivity index is 2.00. The van der Waals surface area contributed by atoms with Crippen molar-refractivity contribution in [2.24, 2.45) is 14.1 Å². The molecule has 3 heterocycles. The lowest BCUT2D eigenvalue weighted by molar-refractivity contribution is 0.473. The first-order chi connectivity index (χ1) is 11.5. The van der Waals surface area contributed by atoms with Gasteiger partial charge >= 0.3 is 0 Å². The number of aryl methyl sites for hydroxylation is 3. The minimum Gasteiger partial charge on any atom is -0.507 e. The first-order valence-corrected chi connectivity index (χ1v) is 7.44. The fraction of sp³-hybridized carbons (Fsp3) is 0.176. The van der Waals surface area contributed by atoms with Gasteiger partial charge in [-0.05, 0) is 19.1 Å². The summed E-state index contributed by atoms with van der Waals surface area (Å²) in [7, 11) is 3.51. The van der Waals surface area contributed by atoms with Gasteiger partial charge in [0.15, 0.2) is 5.82 Å². The molecule has 0 amide bonds. The largest absolute Gasteiger partial charge is 0.507 e. The summed E-state index contributed by atoms with van der Waals surface area (Å²) in [4.78, 5) is 20.8. The Labute approximate surface area is 136 Å². The van der Waals surface area contributed by atoms with Gasteiger partial charge < -0.3 is 9.67 Å². The van der Waals surface area contributed by atoms with Crippen LogP contribution in [-0.4, -0.2) is 29.4 Å². The molecule has 120 valence electrons. The zero-order valence-electron chi connectivity index (χ0n) is 13.5. The number of fused-ring (bicyclic) bond motifs is 2. The first kappa shape index (κ1) is 14.4. The smallest absolute Gasteiger partial charge is 0.261 e. The number of rotatable bonds is 1. The van der Waals surface area contributed by atoms with Gasteiger partial charge in [-0.15, -0.1) is 0 Å². The molecule has 0 aliphatic carbocycles. The normalized spacial score (nSPS) is 11.5. The molecule has 0 fully saturated rings. The van der Waals surface area contributed by atoms with Crippen molar-refractivity contribution in [3.63, 3.8) is 0 Å². The molecule has 7 nitrogen and oxygen atoms in total. The maximum atomic E-state index is 12.1. The Morgan fingerprint density at radius 1 is 1.25 bits per heavy atom. The second-order valence-corrected chi connectivity index (χ2v) is 5.86. The fourth-order valence-electron chi connectivity index (χ4n) is 2.87. The van der Waals surface area contributed by atoms with Crippen LogP contribution in [0, 0.1) is 6.92 Å². The summed E-state index contributed by atoms with van der Waals surface area (Å²) in [5, 5.41) is 16.2. The Hall–Kier alpha value is -3.22. The molecule has 0 bridgehead atoms. The summed E-state index contributed by atoms with van der Waals surface area (Å²) in [6.45, 7) is 1.81. The van der Waals surface area contributed by atoms with Crippen molar-refractivity contribution >= 4 is 21.8 Å². The van der Waals surface area contributed by atoms with E-state index in [1.807, 2.05) is 26.2 Å². The molecule has 7 heteroatoms. The van der Waals surface area contributed by atoms with Crippen molar-refractivity contribution in [1.29, 1.82) is 0 Å². The number of phenolic OH excluding ortho intramolecular Hbond substituents is 1. The van der Waals surface area contributed by atoms with Gasteiger partial charge in [-0.25, -0.2) is 9.97 Å². The highest BCUT2D eigenvalue weighted by molar-refractivity contribution is 5.90. The molecule has 4 aromatic rings. The molecule has 0 aliphatic rings. The van der Waals surface area contributed by atoms with E-state index in [-0.39, 0.29) is 11.3 Å². The van der Waals surface area contributed by atoms with Gasteiger partial charge in [-0.2, -0.15) is 5.10 Å². The number of pyridine rings is 1. The van der Waals surface area contributed by atoms with E-state index in [0.29, 0.717) is 27.9 Å². The van der Waals surface area contributed by atoms with Crippen LogP contribution in [0.5, 0.6) is 5.75 Å². The Morgan fingerprint density at radius 3 is 2.83 bits per heavy atom. The molecular weight excluding hydrogens is 306 g/mol. The maximum Gasteiger partial charge on any atom is 0.261 e. The summed E-state index contributed by atoms with van der Waals surface area (Å²) < 4.78 is 3.18. The van der Waals surface area contributed by atoms with Gasteiger partial charge in [-0.3, -0.25) is 9.48 Å². The summed E-state index contributed by atoms with van der Waals surface area (Å²) in [5.41, 5.74) is 2.34. The van der Waals surface area contributed by atoms with E-state index in [1.54, 1.807) is 24.0 Å². The molecule has 0 aliphatic heterocycles. The van der Waals surface area contributed by atoms with Crippen molar-refractivity contribution in [3.05, 3.63) is 46.6 Å². The van der Waals surface area contributed by atoms with Crippen molar-refractivity contribution in [2.45, 2.75) is 6.92 Å². The number of phenols is 1. The highest BCUT2D eigenvalue weighted by Gasteiger charge is 2.16. The maximum absolute atomic E-state index is 12.1. The number of nitrogens with zero attached hydrogens (tertiary/aromatic N) is 5. The molecule has 0 spiro atoms. The predicted molar refractivity (Wildman–Crippen MR) is 90.9 cm³/mol. The van der Waals surface area contributed by atoms with E-state index in [4.69, 9.17) is 0 Å². The number of hydrogen-bond acceptors (Lipinski definition) is 5. The van der Waals surface area contributed by atoms with Crippen LogP contribution in [0.15, 0.2) is 35.5 Å². The molecule has 1 aromatic carbocycles. The lowest BCUT2D eigenvalue weighted by atomic mass is 10.1. The average Bonchev–Trinajstić information content (AvgIpc) is 2.95. The van der Waals surface area contributed by atoms with Crippen molar-refractivity contribution < 1.29 is 5.11 Å². The molecule has 3 aromatic heterocycles. The Kier molecular flexibility index (Phi) is 2.93. The van der Waals surface area contributed by atoms with Gasteiger partial charge in [0.05, 0.1) is 22.0 Å². The van der Waals surface area contributed by atoms with Crippen LogP contribution < -0.4 is 5.56 Å². The summed E-state index contributed by atoms with van der Waals surface area (Å²) in [6.07, 6.45) is 5.04. The van der Waals surface area contributed by atoms with E-state index in [0.717, 1.165) is 10.9 Å². The standard InChI is InChI=1S/C17H15N5O2/c1-9-14-10(8-22(3)20-14)6-11(15(9)23)16-18-7-12-13(19-16)4-5-21(2)17(12)24/h4-8,23H,1-3H3. The molecule has 24 heavy (non-hydrogen) atoms. The molecule has 0 saturated heterocycles. The van der Waals surface area contributed by atoms with Crippen LogP contribution in [0.4, 0.5) is 0 Å². The number of aromatic hydroxyl groups is 1. The van der Waals surface area contributed by atoms with E-state index < -0.39 is 0 Å². The monoisotopic (exact) mass is 321 g/mol. The number of benzene rings is 1. The highest BCUT2D eigenvalue weighted by atomic mass is 16.3. The van der Waals surface area contributed by atoms with Gasteiger partial charge in [0.2, 0.25) is 0 Å². The van der Waals surface area contributed by atoms with Crippen LogP contribution in [0.2, 0.25) is 0 Å². The second kappa shape index (κ2) is 4.89. The van der Waals surface area contributed by atoms with Crippen molar-refractivity contribution in [2.75, 3.05) is 0 Å². The molecule has 0 atom stereocenters. The first-order valence-electron chi connectivity index (χ1n) is 7.44. The van der Waals surface area contributed by atoms with Gasteiger partial charge in [0.25, 0.3) is 5.56 Å². The van der Waals surface area contributed by atoms with E-state index in [2.05, 4.69) is 15.1 Å². The van der Waals surface area contributed by atoms with Gasteiger partial charge in [0, 0.05) is 43.6 Å².